The van der Waals surface area contributed by atoms with Crippen molar-refractivity contribution in [3.05, 3.63) is 16.5 Å². The maximum Gasteiger partial charge on any atom is 0.341 e. The monoisotopic (exact) mass is 449 g/mol. The highest BCUT2D eigenvalue weighted by Crippen LogP contribution is 2.46. The summed E-state index contributed by atoms with van der Waals surface area (Å²) >= 11 is 1.40. The van der Waals surface area contributed by atoms with E-state index in [0.717, 1.165) is 44.3 Å². The van der Waals surface area contributed by atoms with Crippen molar-refractivity contribution in [2.75, 3.05) is 57.9 Å². The van der Waals surface area contributed by atoms with Gasteiger partial charge in [-0.25, -0.2) is 4.79 Å². The second-order valence-electron chi connectivity index (χ2n) is 8.43. The molecule has 0 bridgehead atoms. The zero-order valence-electron chi connectivity index (χ0n) is 18.1. The third kappa shape index (κ3) is 5.45. The molecule has 1 aromatic rings. The molecule has 1 aromatic heterocycles. The summed E-state index contributed by atoms with van der Waals surface area (Å²) in [6.45, 7) is 6.37. The Labute approximate surface area is 186 Å². The van der Waals surface area contributed by atoms with Gasteiger partial charge < -0.3 is 19.7 Å². The van der Waals surface area contributed by atoms with Gasteiger partial charge in [-0.05, 0) is 62.6 Å². The van der Waals surface area contributed by atoms with Gasteiger partial charge in [0.25, 0.3) is 0 Å². The predicted molar refractivity (Wildman–Crippen MR) is 117 cm³/mol. The molecule has 0 spiro atoms. The normalized spacial score (nSPS) is 20.5. The molecule has 1 aliphatic carbocycles. The first-order chi connectivity index (χ1) is 15.1. The fourth-order valence-corrected chi connectivity index (χ4v) is 5.37. The Morgan fingerprint density at radius 3 is 2.48 bits per heavy atom. The Balaban J connectivity index is 1.29. The topological polar surface area (TPSA) is 88.2 Å². The highest BCUT2D eigenvalue weighted by molar-refractivity contribution is 7.15. The van der Waals surface area contributed by atoms with Gasteiger partial charge in [-0.1, -0.05) is 0 Å². The Kier molecular flexibility index (Phi) is 7.24. The summed E-state index contributed by atoms with van der Waals surface area (Å²) in [6, 6.07) is 0. The van der Waals surface area contributed by atoms with Crippen molar-refractivity contribution < 1.29 is 23.9 Å². The molecule has 0 unspecified atom stereocenters. The lowest BCUT2D eigenvalue weighted by molar-refractivity contribution is -0.141. The first kappa shape index (κ1) is 22.2. The minimum absolute atomic E-state index is 0.0335. The van der Waals surface area contributed by atoms with Crippen LogP contribution in [0.15, 0.2) is 5.38 Å². The molecule has 170 valence electrons. The summed E-state index contributed by atoms with van der Waals surface area (Å²) in [7, 11) is 0. The van der Waals surface area contributed by atoms with E-state index in [1.54, 1.807) is 6.92 Å². The van der Waals surface area contributed by atoms with Crippen LogP contribution in [0.3, 0.4) is 0 Å². The maximum atomic E-state index is 12.7. The second kappa shape index (κ2) is 10.1. The van der Waals surface area contributed by atoms with Crippen LogP contribution < -0.4 is 5.32 Å². The SMILES string of the molecule is CCOC(=O)c1c(C2CC2)csc1NC(=O)CN1CCC(C(=O)N2CCOCC2)CC1. The summed E-state index contributed by atoms with van der Waals surface area (Å²) in [6.07, 6.45) is 3.69. The van der Waals surface area contributed by atoms with Gasteiger partial charge in [-0.3, -0.25) is 14.5 Å². The first-order valence-corrected chi connectivity index (χ1v) is 12.1. The van der Waals surface area contributed by atoms with Gasteiger partial charge in [0, 0.05) is 19.0 Å². The van der Waals surface area contributed by atoms with Gasteiger partial charge in [0.05, 0.1) is 31.9 Å². The number of hydrogen-bond donors (Lipinski definition) is 1. The number of likely N-dealkylation sites (tertiary alicyclic amines) is 1. The van der Waals surface area contributed by atoms with Gasteiger partial charge in [0.1, 0.15) is 5.00 Å². The number of nitrogens with zero attached hydrogens (tertiary/aromatic N) is 2. The van der Waals surface area contributed by atoms with Gasteiger partial charge in [-0.2, -0.15) is 0 Å². The third-order valence-electron chi connectivity index (χ3n) is 6.20. The largest absolute Gasteiger partial charge is 0.462 e. The molecule has 8 nitrogen and oxygen atoms in total. The smallest absolute Gasteiger partial charge is 0.341 e. The summed E-state index contributed by atoms with van der Waals surface area (Å²) in [5.41, 5.74) is 1.53. The maximum absolute atomic E-state index is 12.7. The van der Waals surface area contributed by atoms with Crippen molar-refractivity contribution in [1.29, 1.82) is 0 Å². The van der Waals surface area contributed by atoms with Crippen molar-refractivity contribution in [1.82, 2.24) is 9.80 Å². The summed E-state index contributed by atoms with van der Waals surface area (Å²) in [5.74, 6) is 0.171. The number of nitrogens with one attached hydrogen (secondary N) is 1. The van der Waals surface area contributed by atoms with Crippen LogP contribution in [0.4, 0.5) is 5.00 Å². The van der Waals surface area contributed by atoms with Crippen LogP contribution in [0.25, 0.3) is 0 Å². The second-order valence-corrected chi connectivity index (χ2v) is 9.31. The van der Waals surface area contributed by atoms with E-state index < -0.39 is 0 Å². The minimum atomic E-state index is -0.358. The average molecular weight is 450 g/mol. The van der Waals surface area contributed by atoms with Gasteiger partial charge >= 0.3 is 5.97 Å². The number of anilines is 1. The first-order valence-electron chi connectivity index (χ1n) is 11.2. The van der Waals surface area contributed by atoms with E-state index in [1.807, 2.05) is 10.3 Å². The third-order valence-corrected chi connectivity index (χ3v) is 7.11. The van der Waals surface area contributed by atoms with Crippen LogP contribution in [0.5, 0.6) is 0 Å². The van der Waals surface area contributed by atoms with E-state index in [-0.39, 0.29) is 30.2 Å². The molecule has 9 heteroatoms. The standard InChI is InChI=1S/C22H31N3O5S/c1-2-30-22(28)19-17(15-3-4-15)14-31-20(19)23-18(26)13-24-7-5-16(6-8-24)21(27)25-9-11-29-12-10-25/h14-16H,2-13H2,1H3,(H,23,26). The number of ether oxygens (including phenoxy) is 2. The lowest BCUT2D eigenvalue weighted by Crippen LogP contribution is -2.47. The summed E-state index contributed by atoms with van der Waals surface area (Å²) < 4.78 is 10.6. The van der Waals surface area contributed by atoms with Crippen LogP contribution in [-0.4, -0.2) is 80.1 Å². The van der Waals surface area contributed by atoms with E-state index >= 15 is 0 Å². The van der Waals surface area contributed by atoms with Crippen LogP contribution in [0.1, 0.15) is 54.4 Å². The average Bonchev–Trinajstić information content (AvgIpc) is 3.55. The van der Waals surface area contributed by atoms with Crippen molar-refractivity contribution in [3.8, 4) is 0 Å². The molecule has 1 N–H and O–H groups in total. The molecule has 0 atom stereocenters. The molecule has 31 heavy (non-hydrogen) atoms. The highest BCUT2D eigenvalue weighted by Gasteiger charge is 2.33. The van der Waals surface area contributed by atoms with E-state index in [0.29, 0.717) is 49.4 Å². The van der Waals surface area contributed by atoms with Crippen LogP contribution >= 0.6 is 11.3 Å². The fourth-order valence-electron chi connectivity index (χ4n) is 4.32. The molecule has 2 amide bonds. The van der Waals surface area contributed by atoms with Crippen molar-refractivity contribution in [3.63, 3.8) is 0 Å². The van der Waals surface area contributed by atoms with Crippen molar-refractivity contribution in [2.45, 2.75) is 38.5 Å². The zero-order valence-corrected chi connectivity index (χ0v) is 18.9. The van der Waals surface area contributed by atoms with Gasteiger partial charge in [-0.15, -0.1) is 11.3 Å². The van der Waals surface area contributed by atoms with Crippen LogP contribution in [0, 0.1) is 5.92 Å². The molecular formula is C22H31N3O5S. The number of thiophene rings is 1. The number of hydrogen-bond acceptors (Lipinski definition) is 7. The Hall–Kier alpha value is -1.97. The highest BCUT2D eigenvalue weighted by atomic mass is 32.1. The van der Waals surface area contributed by atoms with Gasteiger partial charge in [0.15, 0.2) is 0 Å². The summed E-state index contributed by atoms with van der Waals surface area (Å²) in [4.78, 5) is 41.8. The number of esters is 1. The number of rotatable bonds is 7. The minimum Gasteiger partial charge on any atom is -0.462 e. The van der Waals surface area contributed by atoms with E-state index in [4.69, 9.17) is 9.47 Å². The number of piperidine rings is 1. The molecule has 0 aromatic carbocycles. The zero-order chi connectivity index (χ0) is 21.8. The fraction of sp³-hybridized carbons (Fsp3) is 0.682. The Morgan fingerprint density at radius 1 is 1.13 bits per heavy atom. The predicted octanol–water partition coefficient (Wildman–Crippen LogP) is 2.31. The van der Waals surface area contributed by atoms with E-state index in [2.05, 4.69) is 10.2 Å². The molecule has 0 radical (unpaired) electrons. The number of morpholine rings is 1. The molecule has 3 aliphatic rings. The van der Waals surface area contributed by atoms with Crippen molar-refractivity contribution in [2.24, 2.45) is 5.92 Å². The van der Waals surface area contributed by atoms with E-state index in [9.17, 15) is 14.4 Å². The molecule has 4 rings (SSSR count). The quantitative estimate of drug-likeness (QED) is 0.643. The van der Waals surface area contributed by atoms with Crippen LogP contribution in [-0.2, 0) is 19.1 Å². The number of amides is 2. The Bertz CT molecular complexity index is 808. The van der Waals surface area contributed by atoms with Gasteiger partial charge in [0.2, 0.25) is 11.8 Å². The lowest BCUT2D eigenvalue weighted by Gasteiger charge is -2.35. The van der Waals surface area contributed by atoms with E-state index in [1.165, 1.54) is 11.3 Å². The molecular weight excluding hydrogens is 418 g/mol. The lowest BCUT2D eigenvalue weighted by atomic mass is 9.95. The van der Waals surface area contributed by atoms with Crippen molar-refractivity contribution >= 4 is 34.1 Å². The molecule has 2 saturated heterocycles. The summed E-state index contributed by atoms with van der Waals surface area (Å²) in [5, 5.41) is 5.49. The molecule has 1 saturated carbocycles. The number of carbonyl (C=O) groups excluding carboxylic acids is 3. The van der Waals surface area contributed by atoms with Crippen LogP contribution in [0.2, 0.25) is 0 Å². The molecule has 2 aliphatic heterocycles. The molecule has 3 fully saturated rings. The Morgan fingerprint density at radius 2 is 1.84 bits per heavy atom. The number of carbonyl (C=O) groups is 3. The molecule has 3 heterocycles.